The highest BCUT2D eigenvalue weighted by atomic mass is 16.5. The van der Waals surface area contributed by atoms with Crippen molar-refractivity contribution in [2.75, 3.05) is 6.61 Å². The second-order valence-electron chi connectivity index (χ2n) is 2.94. The quantitative estimate of drug-likeness (QED) is 0.757. The second kappa shape index (κ2) is 4.62. The van der Waals surface area contributed by atoms with Gasteiger partial charge in [0.2, 0.25) is 0 Å². The summed E-state index contributed by atoms with van der Waals surface area (Å²) < 4.78 is 5.24. The monoisotopic (exact) mass is 196 g/mol. The van der Waals surface area contributed by atoms with E-state index in [1.54, 1.807) is 19.1 Å². The van der Waals surface area contributed by atoms with Gasteiger partial charge in [-0.05, 0) is 25.1 Å². The van der Waals surface area contributed by atoms with Crippen LogP contribution >= 0.6 is 0 Å². The van der Waals surface area contributed by atoms with Crippen molar-refractivity contribution in [3.8, 4) is 5.75 Å². The molecule has 0 aliphatic carbocycles. The molecule has 0 bridgehead atoms. The van der Waals surface area contributed by atoms with Gasteiger partial charge in [0.25, 0.3) is 0 Å². The molecule has 1 atom stereocenters. The molecule has 0 spiro atoms. The Kier molecular flexibility index (Phi) is 3.48. The third-order valence-electron chi connectivity index (χ3n) is 1.68. The molecule has 4 nitrogen and oxygen atoms in total. The molecule has 0 aromatic heterocycles. The number of aromatic carboxylic acids is 1. The van der Waals surface area contributed by atoms with Crippen LogP contribution in [0.2, 0.25) is 0 Å². The molecule has 2 N–H and O–H groups in total. The molecule has 0 radical (unpaired) electrons. The standard InChI is InChI=1S/C10H12O4/c1-7(6-11)14-9-4-2-3-8(5-9)10(12)13/h2-5,7,11H,6H2,1H3,(H,12,13)/t7-/m0/s1. The largest absolute Gasteiger partial charge is 0.488 e. The van der Waals surface area contributed by atoms with Crippen LogP contribution in [0.3, 0.4) is 0 Å². The summed E-state index contributed by atoms with van der Waals surface area (Å²) in [5.41, 5.74) is 0.174. The number of carboxylic acids is 1. The Labute approximate surface area is 81.8 Å². The summed E-state index contributed by atoms with van der Waals surface area (Å²) in [6.45, 7) is 1.60. The third kappa shape index (κ3) is 2.74. The van der Waals surface area contributed by atoms with Gasteiger partial charge in [-0.1, -0.05) is 6.07 Å². The molecule has 0 fully saturated rings. The first-order valence-corrected chi connectivity index (χ1v) is 4.24. The van der Waals surface area contributed by atoms with Crippen LogP contribution in [0.25, 0.3) is 0 Å². The molecule has 1 aromatic rings. The molecule has 0 heterocycles. The molecule has 0 unspecified atom stereocenters. The van der Waals surface area contributed by atoms with Crippen LogP contribution in [0.1, 0.15) is 17.3 Å². The van der Waals surface area contributed by atoms with E-state index in [1.807, 2.05) is 0 Å². The Morgan fingerprint density at radius 3 is 2.86 bits per heavy atom. The van der Waals surface area contributed by atoms with E-state index in [0.717, 1.165) is 0 Å². The summed E-state index contributed by atoms with van der Waals surface area (Å²) in [6, 6.07) is 6.16. The van der Waals surface area contributed by atoms with Crippen LogP contribution in [0.15, 0.2) is 24.3 Å². The van der Waals surface area contributed by atoms with Crippen molar-refractivity contribution in [1.29, 1.82) is 0 Å². The first-order chi connectivity index (χ1) is 6.63. The Hall–Kier alpha value is -1.55. The molecular weight excluding hydrogens is 184 g/mol. The zero-order valence-corrected chi connectivity index (χ0v) is 7.80. The maximum atomic E-state index is 10.6. The fourth-order valence-corrected chi connectivity index (χ4v) is 0.972. The van der Waals surface area contributed by atoms with Gasteiger partial charge in [-0.15, -0.1) is 0 Å². The van der Waals surface area contributed by atoms with E-state index >= 15 is 0 Å². The van der Waals surface area contributed by atoms with Gasteiger partial charge in [0, 0.05) is 0 Å². The van der Waals surface area contributed by atoms with E-state index in [4.69, 9.17) is 14.9 Å². The summed E-state index contributed by atoms with van der Waals surface area (Å²) in [4.78, 5) is 10.6. The lowest BCUT2D eigenvalue weighted by atomic mass is 10.2. The van der Waals surface area contributed by atoms with E-state index in [1.165, 1.54) is 12.1 Å². The van der Waals surface area contributed by atoms with Crippen LogP contribution in [0.5, 0.6) is 5.75 Å². The average molecular weight is 196 g/mol. The van der Waals surface area contributed by atoms with E-state index < -0.39 is 5.97 Å². The van der Waals surface area contributed by atoms with Gasteiger partial charge >= 0.3 is 5.97 Å². The fraction of sp³-hybridized carbons (Fsp3) is 0.300. The predicted molar refractivity (Wildman–Crippen MR) is 50.6 cm³/mol. The number of aliphatic hydroxyl groups is 1. The number of benzene rings is 1. The van der Waals surface area contributed by atoms with E-state index in [-0.39, 0.29) is 18.3 Å². The molecular formula is C10H12O4. The van der Waals surface area contributed by atoms with Crippen molar-refractivity contribution < 1.29 is 19.7 Å². The third-order valence-corrected chi connectivity index (χ3v) is 1.68. The van der Waals surface area contributed by atoms with Crippen LogP contribution in [-0.4, -0.2) is 28.9 Å². The highest BCUT2D eigenvalue weighted by Gasteiger charge is 2.06. The highest BCUT2D eigenvalue weighted by molar-refractivity contribution is 5.87. The summed E-state index contributed by atoms with van der Waals surface area (Å²) in [7, 11) is 0. The smallest absolute Gasteiger partial charge is 0.335 e. The summed E-state index contributed by atoms with van der Waals surface area (Å²) in [5, 5.41) is 17.4. The number of aliphatic hydroxyl groups excluding tert-OH is 1. The lowest BCUT2D eigenvalue weighted by molar-refractivity contribution is 0.0695. The first kappa shape index (κ1) is 10.5. The normalized spacial score (nSPS) is 12.1. The highest BCUT2D eigenvalue weighted by Crippen LogP contribution is 2.14. The van der Waals surface area contributed by atoms with Gasteiger partial charge in [0.1, 0.15) is 11.9 Å². The van der Waals surface area contributed by atoms with Crippen molar-refractivity contribution in [2.45, 2.75) is 13.0 Å². The summed E-state index contributed by atoms with van der Waals surface area (Å²) in [5.74, 6) is -0.543. The van der Waals surface area contributed by atoms with E-state index in [2.05, 4.69) is 0 Å². The van der Waals surface area contributed by atoms with E-state index in [9.17, 15) is 4.79 Å². The van der Waals surface area contributed by atoms with Crippen molar-refractivity contribution in [3.63, 3.8) is 0 Å². The predicted octanol–water partition coefficient (Wildman–Crippen LogP) is 1.14. The van der Waals surface area contributed by atoms with Gasteiger partial charge in [0.05, 0.1) is 12.2 Å². The molecule has 1 aromatic carbocycles. The van der Waals surface area contributed by atoms with Gasteiger partial charge in [-0.2, -0.15) is 0 Å². The fourth-order valence-electron chi connectivity index (χ4n) is 0.972. The van der Waals surface area contributed by atoms with Crippen molar-refractivity contribution in [1.82, 2.24) is 0 Å². The lowest BCUT2D eigenvalue weighted by Gasteiger charge is -2.11. The van der Waals surface area contributed by atoms with Gasteiger partial charge < -0.3 is 14.9 Å². The molecule has 0 aliphatic heterocycles. The number of hydrogen-bond donors (Lipinski definition) is 2. The van der Waals surface area contributed by atoms with Crippen molar-refractivity contribution >= 4 is 5.97 Å². The number of carboxylic acid groups (broad SMARTS) is 1. The van der Waals surface area contributed by atoms with Crippen LogP contribution in [0.4, 0.5) is 0 Å². The molecule has 0 saturated carbocycles. The minimum Gasteiger partial charge on any atom is -0.488 e. The molecule has 76 valence electrons. The Morgan fingerprint density at radius 1 is 1.57 bits per heavy atom. The van der Waals surface area contributed by atoms with E-state index in [0.29, 0.717) is 5.75 Å². The van der Waals surface area contributed by atoms with Gasteiger partial charge in [0.15, 0.2) is 0 Å². The molecule has 0 amide bonds. The van der Waals surface area contributed by atoms with Crippen molar-refractivity contribution in [2.24, 2.45) is 0 Å². The number of hydrogen-bond acceptors (Lipinski definition) is 3. The first-order valence-electron chi connectivity index (χ1n) is 4.24. The summed E-state index contributed by atoms with van der Waals surface area (Å²) >= 11 is 0. The minimum atomic E-state index is -0.993. The van der Waals surface area contributed by atoms with Gasteiger partial charge in [-0.25, -0.2) is 4.79 Å². The van der Waals surface area contributed by atoms with Crippen LogP contribution < -0.4 is 4.74 Å². The van der Waals surface area contributed by atoms with Crippen LogP contribution in [0, 0.1) is 0 Å². The lowest BCUT2D eigenvalue weighted by Crippen LogP contribution is -2.16. The average Bonchev–Trinajstić information content (AvgIpc) is 2.18. The molecule has 1 rings (SSSR count). The number of rotatable bonds is 4. The minimum absolute atomic E-state index is 0.0999. The SMILES string of the molecule is C[C@@H](CO)Oc1cccc(C(=O)O)c1. The molecule has 0 saturated heterocycles. The maximum Gasteiger partial charge on any atom is 0.335 e. The zero-order valence-electron chi connectivity index (χ0n) is 7.80. The summed E-state index contributed by atoms with van der Waals surface area (Å²) in [6.07, 6.45) is -0.334. The topological polar surface area (TPSA) is 66.8 Å². The van der Waals surface area contributed by atoms with Crippen molar-refractivity contribution in [3.05, 3.63) is 29.8 Å². The van der Waals surface area contributed by atoms with Crippen LogP contribution in [-0.2, 0) is 0 Å². The second-order valence-corrected chi connectivity index (χ2v) is 2.94. The number of ether oxygens (including phenoxy) is 1. The zero-order chi connectivity index (χ0) is 10.6. The Morgan fingerprint density at radius 2 is 2.29 bits per heavy atom. The Balaban J connectivity index is 2.78. The molecule has 4 heteroatoms. The maximum absolute atomic E-state index is 10.6. The molecule has 0 aliphatic rings. The number of carbonyl (C=O) groups is 1. The molecule has 14 heavy (non-hydrogen) atoms. The Bertz CT molecular complexity index is 322. The van der Waals surface area contributed by atoms with Gasteiger partial charge in [-0.3, -0.25) is 0 Å².